The van der Waals surface area contributed by atoms with Crippen molar-refractivity contribution in [3.05, 3.63) is 112 Å². The summed E-state index contributed by atoms with van der Waals surface area (Å²) in [7, 11) is 0. The quantitative estimate of drug-likeness (QED) is 0.358. The van der Waals surface area contributed by atoms with E-state index in [2.05, 4.69) is 20.7 Å². The fourth-order valence-electron chi connectivity index (χ4n) is 3.62. The third kappa shape index (κ3) is 4.81. The fraction of sp³-hybridized carbons (Fsp3) is 0.0800. The number of aromatic nitrogens is 3. The van der Waals surface area contributed by atoms with Crippen LogP contribution >= 0.6 is 24.0 Å². The molecule has 1 unspecified atom stereocenters. The van der Waals surface area contributed by atoms with E-state index >= 15 is 0 Å². The molecule has 3 aromatic carbocycles. The van der Waals surface area contributed by atoms with Crippen LogP contribution in [0.2, 0.25) is 5.02 Å². The minimum absolute atomic E-state index is 0. The molecule has 1 aromatic heterocycles. The molecule has 34 heavy (non-hydrogen) atoms. The zero-order valence-electron chi connectivity index (χ0n) is 18.0. The second-order valence-electron chi connectivity index (χ2n) is 7.73. The molecule has 0 fully saturated rings. The Morgan fingerprint density at radius 3 is 2.38 bits per heavy atom. The SMILES string of the molecule is Cc1ccc(C2=CC(c3ccc(F)cc3)n3nc(NC(=O)c4ccc(Cl)cc4)nc3N2)cc1.Cl. The van der Waals surface area contributed by atoms with Gasteiger partial charge in [-0.25, -0.2) is 9.07 Å². The van der Waals surface area contributed by atoms with Gasteiger partial charge >= 0.3 is 0 Å². The molecule has 1 atom stereocenters. The molecule has 6 nitrogen and oxygen atoms in total. The maximum Gasteiger partial charge on any atom is 0.258 e. The Morgan fingerprint density at radius 2 is 1.71 bits per heavy atom. The van der Waals surface area contributed by atoms with Gasteiger partial charge in [-0.3, -0.25) is 10.1 Å². The molecule has 0 spiro atoms. The number of aryl methyl sites for hydroxylation is 1. The fourth-order valence-corrected chi connectivity index (χ4v) is 3.75. The lowest BCUT2D eigenvalue weighted by atomic mass is 10.0. The van der Waals surface area contributed by atoms with Crippen molar-refractivity contribution in [2.24, 2.45) is 0 Å². The van der Waals surface area contributed by atoms with Gasteiger partial charge in [0.25, 0.3) is 11.9 Å². The molecule has 1 amide bonds. The zero-order valence-corrected chi connectivity index (χ0v) is 19.6. The number of anilines is 2. The predicted octanol–water partition coefficient (Wildman–Crippen LogP) is 6.11. The van der Waals surface area contributed by atoms with Gasteiger partial charge in [0, 0.05) is 16.3 Å². The molecule has 1 aliphatic rings. The number of fused-ring (bicyclic) bond motifs is 1. The second kappa shape index (κ2) is 9.67. The van der Waals surface area contributed by atoms with E-state index in [1.807, 2.05) is 37.3 Å². The van der Waals surface area contributed by atoms with Crippen LogP contribution in [0.1, 0.15) is 33.1 Å². The summed E-state index contributed by atoms with van der Waals surface area (Å²) < 4.78 is 15.2. The van der Waals surface area contributed by atoms with Crippen molar-refractivity contribution in [1.29, 1.82) is 0 Å². The summed E-state index contributed by atoms with van der Waals surface area (Å²) >= 11 is 5.90. The van der Waals surface area contributed by atoms with Crippen LogP contribution in [0.4, 0.5) is 16.3 Å². The summed E-state index contributed by atoms with van der Waals surface area (Å²) in [5, 5.41) is 11.1. The third-order valence-corrected chi connectivity index (χ3v) is 5.62. The van der Waals surface area contributed by atoms with E-state index in [9.17, 15) is 9.18 Å². The smallest absolute Gasteiger partial charge is 0.258 e. The summed E-state index contributed by atoms with van der Waals surface area (Å²) in [5.41, 5.74) is 4.26. The molecule has 4 aromatic rings. The Labute approximate surface area is 206 Å². The number of allylic oxidation sites excluding steroid dienone is 1. The van der Waals surface area contributed by atoms with Crippen molar-refractivity contribution in [2.75, 3.05) is 10.6 Å². The molecule has 0 aliphatic carbocycles. The molecule has 2 N–H and O–H groups in total. The van der Waals surface area contributed by atoms with E-state index in [4.69, 9.17) is 11.6 Å². The van der Waals surface area contributed by atoms with Gasteiger partial charge in [0.1, 0.15) is 11.9 Å². The van der Waals surface area contributed by atoms with E-state index < -0.39 is 0 Å². The van der Waals surface area contributed by atoms with E-state index in [0.29, 0.717) is 16.5 Å². The first kappa shape index (κ1) is 23.5. The first-order chi connectivity index (χ1) is 16.0. The van der Waals surface area contributed by atoms with Gasteiger partial charge in [-0.15, -0.1) is 17.5 Å². The Hall–Kier alpha value is -3.68. The van der Waals surface area contributed by atoms with Crippen LogP contribution in [0.3, 0.4) is 0 Å². The van der Waals surface area contributed by atoms with Crippen molar-refractivity contribution < 1.29 is 9.18 Å². The van der Waals surface area contributed by atoms with Crippen LogP contribution < -0.4 is 10.6 Å². The molecule has 0 bridgehead atoms. The molecular formula is C25H20Cl2FN5O. The minimum Gasteiger partial charge on any atom is -0.324 e. The Morgan fingerprint density at radius 1 is 1.03 bits per heavy atom. The highest BCUT2D eigenvalue weighted by atomic mass is 35.5. The lowest BCUT2D eigenvalue weighted by molar-refractivity contribution is 0.102. The Kier molecular flexibility index (Phi) is 6.68. The first-order valence-electron chi connectivity index (χ1n) is 10.3. The van der Waals surface area contributed by atoms with Gasteiger partial charge in [-0.2, -0.15) is 4.98 Å². The van der Waals surface area contributed by atoms with E-state index in [1.165, 1.54) is 12.1 Å². The maximum atomic E-state index is 13.5. The van der Waals surface area contributed by atoms with E-state index in [1.54, 1.807) is 41.1 Å². The summed E-state index contributed by atoms with van der Waals surface area (Å²) in [6.07, 6.45) is 2.00. The molecule has 2 heterocycles. The van der Waals surface area contributed by atoms with Crippen molar-refractivity contribution in [2.45, 2.75) is 13.0 Å². The van der Waals surface area contributed by atoms with Gasteiger partial charge in [0.2, 0.25) is 5.95 Å². The van der Waals surface area contributed by atoms with Gasteiger partial charge in [-0.1, -0.05) is 53.6 Å². The van der Waals surface area contributed by atoms with Crippen LogP contribution in [-0.4, -0.2) is 20.7 Å². The molecule has 5 rings (SSSR count). The van der Waals surface area contributed by atoms with Gasteiger partial charge in [-0.05, 0) is 60.5 Å². The number of carbonyl (C=O) groups excluding carboxylic acids is 1. The molecule has 172 valence electrons. The van der Waals surface area contributed by atoms with Crippen molar-refractivity contribution >= 4 is 47.5 Å². The van der Waals surface area contributed by atoms with Crippen molar-refractivity contribution in [3.8, 4) is 0 Å². The number of nitrogens with one attached hydrogen (secondary N) is 2. The molecule has 9 heteroatoms. The van der Waals surface area contributed by atoms with E-state index in [-0.39, 0.29) is 36.1 Å². The highest BCUT2D eigenvalue weighted by molar-refractivity contribution is 6.30. The lowest BCUT2D eigenvalue weighted by Gasteiger charge is -2.24. The number of hydrogen-bond acceptors (Lipinski definition) is 4. The van der Waals surface area contributed by atoms with Crippen LogP contribution in [0, 0.1) is 12.7 Å². The van der Waals surface area contributed by atoms with Gasteiger partial charge in [0.05, 0.1) is 0 Å². The normalized spacial score (nSPS) is 14.3. The number of amides is 1. The topological polar surface area (TPSA) is 71.8 Å². The summed E-state index contributed by atoms with van der Waals surface area (Å²) in [6, 6.07) is 20.6. The second-order valence-corrected chi connectivity index (χ2v) is 8.17. The molecule has 0 saturated carbocycles. The zero-order chi connectivity index (χ0) is 22.9. The van der Waals surface area contributed by atoms with Gasteiger partial charge in [0.15, 0.2) is 0 Å². The van der Waals surface area contributed by atoms with Crippen LogP contribution in [0.15, 0.2) is 78.9 Å². The van der Waals surface area contributed by atoms with Crippen molar-refractivity contribution in [3.63, 3.8) is 0 Å². The Bertz CT molecular complexity index is 1350. The number of nitrogens with zero attached hydrogens (tertiary/aromatic N) is 3. The largest absolute Gasteiger partial charge is 0.324 e. The maximum absolute atomic E-state index is 13.5. The lowest BCUT2D eigenvalue weighted by Crippen LogP contribution is -2.20. The van der Waals surface area contributed by atoms with E-state index in [0.717, 1.165) is 22.4 Å². The summed E-state index contributed by atoms with van der Waals surface area (Å²) in [5.74, 6) is -0.0401. The summed E-state index contributed by atoms with van der Waals surface area (Å²) in [4.78, 5) is 17.1. The predicted molar refractivity (Wildman–Crippen MR) is 134 cm³/mol. The number of benzene rings is 3. The Balaban J connectivity index is 0.00000274. The average Bonchev–Trinajstić information content (AvgIpc) is 3.22. The van der Waals surface area contributed by atoms with Crippen LogP contribution in [0.5, 0.6) is 0 Å². The highest BCUT2D eigenvalue weighted by Gasteiger charge is 2.26. The third-order valence-electron chi connectivity index (χ3n) is 5.37. The molecule has 0 radical (unpaired) electrons. The van der Waals surface area contributed by atoms with Crippen LogP contribution in [0.25, 0.3) is 5.70 Å². The standard InChI is InChI=1S/C25H19ClFN5O.ClH/c1-15-2-4-16(5-3-15)21-14-22(17-8-12-20(27)13-9-17)32-25(28-21)30-24(31-32)29-23(33)18-6-10-19(26)11-7-18;/h2-14,22H,1H3,(H2,28,29,30,31,33);1H. The number of hydrogen-bond donors (Lipinski definition) is 2. The molecular weight excluding hydrogens is 476 g/mol. The number of carbonyl (C=O) groups is 1. The summed E-state index contributed by atoms with van der Waals surface area (Å²) in [6.45, 7) is 2.03. The monoisotopic (exact) mass is 495 g/mol. The number of rotatable bonds is 4. The van der Waals surface area contributed by atoms with Crippen molar-refractivity contribution in [1.82, 2.24) is 14.8 Å². The first-order valence-corrected chi connectivity index (χ1v) is 10.7. The highest BCUT2D eigenvalue weighted by Crippen LogP contribution is 2.33. The molecule has 0 saturated heterocycles. The minimum atomic E-state index is -0.348. The average molecular weight is 496 g/mol. The van der Waals surface area contributed by atoms with Crippen LogP contribution in [-0.2, 0) is 0 Å². The van der Waals surface area contributed by atoms with Gasteiger partial charge < -0.3 is 5.32 Å². The molecule has 1 aliphatic heterocycles. The number of halogens is 3.